The molecule has 0 saturated carbocycles. The molecule has 1 aromatic heterocycles. The summed E-state index contributed by atoms with van der Waals surface area (Å²) in [6.45, 7) is 1.84. The molecular weight excluding hydrogens is 169 g/mol. The monoisotopic (exact) mass is 179 g/mol. The van der Waals surface area contributed by atoms with Crippen molar-refractivity contribution in [3.63, 3.8) is 0 Å². The average molecular weight is 179 g/mol. The van der Waals surface area contributed by atoms with E-state index in [0.717, 1.165) is 10.9 Å². The van der Waals surface area contributed by atoms with Crippen molar-refractivity contribution in [1.82, 2.24) is 0 Å². The van der Waals surface area contributed by atoms with Crippen LogP contribution in [-0.2, 0) is 0 Å². The van der Waals surface area contributed by atoms with Gasteiger partial charge in [0.25, 0.3) is 0 Å². The maximum Gasteiger partial charge on any atom is 0.169 e. The summed E-state index contributed by atoms with van der Waals surface area (Å²) in [4.78, 5) is 0. The lowest BCUT2D eigenvalue weighted by molar-refractivity contribution is 0.556. The Morgan fingerprint density at radius 1 is 1.46 bits per heavy atom. The first-order valence-electron chi connectivity index (χ1n) is 4.11. The predicted molar refractivity (Wildman–Crippen MR) is 48.8 cm³/mol. The molecule has 0 unspecified atom stereocenters. The van der Waals surface area contributed by atoms with E-state index in [1.807, 2.05) is 6.92 Å². The molecular formula is C10H10FNO. The third-order valence-electron chi connectivity index (χ3n) is 2.07. The van der Waals surface area contributed by atoms with Crippen molar-refractivity contribution in [1.29, 1.82) is 0 Å². The maximum absolute atomic E-state index is 13.1. The van der Waals surface area contributed by atoms with Gasteiger partial charge < -0.3 is 10.2 Å². The lowest BCUT2D eigenvalue weighted by Crippen LogP contribution is -2.03. The number of para-hydroxylation sites is 1. The van der Waals surface area contributed by atoms with Gasteiger partial charge in [-0.15, -0.1) is 0 Å². The summed E-state index contributed by atoms with van der Waals surface area (Å²) in [5.41, 5.74) is 6.82. The van der Waals surface area contributed by atoms with Crippen molar-refractivity contribution in [2.45, 2.75) is 13.0 Å². The molecule has 0 spiro atoms. The number of hydrogen-bond acceptors (Lipinski definition) is 2. The average Bonchev–Trinajstić information content (AvgIpc) is 2.48. The Kier molecular flexibility index (Phi) is 1.81. The molecule has 0 amide bonds. The Balaban J connectivity index is 2.75. The van der Waals surface area contributed by atoms with Crippen LogP contribution >= 0.6 is 0 Å². The first-order chi connectivity index (χ1) is 6.20. The summed E-state index contributed by atoms with van der Waals surface area (Å²) in [6, 6.07) is 4.69. The number of halogens is 1. The second-order valence-electron chi connectivity index (χ2n) is 3.10. The van der Waals surface area contributed by atoms with Crippen LogP contribution < -0.4 is 5.73 Å². The molecule has 0 fully saturated rings. The molecule has 1 aromatic carbocycles. The molecule has 0 aliphatic heterocycles. The molecule has 13 heavy (non-hydrogen) atoms. The molecule has 1 atom stereocenters. The van der Waals surface area contributed by atoms with Gasteiger partial charge in [-0.05, 0) is 13.0 Å². The molecule has 1 heterocycles. The largest absolute Gasteiger partial charge is 0.461 e. The molecule has 0 aliphatic rings. The first kappa shape index (κ1) is 8.26. The van der Waals surface area contributed by atoms with Crippen molar-refractivity contribution < 1.29 is 8.81 Å². The molecule has 0 radical (unpaired) electrons. The highest BCUT2D eigenvalue weighted by molar-refractivity contribution is 5.81. The number of furan rings is 1. The van der Waals surface area contributed by atoms with Gasteiger partial charge in [0.1, 0.15) is 0 Å². The van der Waals surface area contributed by atoms with Crippen molar-refractivity contribution in [2.75, 3.05) is 0 Å². The second kappa shape index (κ2) is 2.85. The summed E-state index contributed by atoms with van der Waals surface area (Å²) in [6.07, 6.45) is 1.51. The molecule has 0 aliphatic carbocycles. The topological polar surface area (TPSA) is 39.2 Å². The second-order valence-corrected chi connectivity index (χ2v) is 3.10. The van der Waals surface area contributed by atoms with Gasteiger partial charge in [0.15, 0.2) is 11.4 Å². The van der Waals surface area contributed by atoms with Gasteiger partial charge in [0.05, 0.1) is 6.26 Å². The van der Waals surface area contributed by atoms with E-state index in [1.165, 1.54) is 12.3 Å². The fourth-order valence-electron chi connectivity index (χ4n) is 1.39. The van der Waals surface area contributed by atoms with Gasteiger partial charge in [-0.1, -0.05) is 12.1 Å². The smallest absolute Gasteiger partial charge is 0.169 e. The minimum atomic E-state index is -0.343. The van der Waals surface area contributed by atoms with E-state index in [4.69, 9.17) is 10.2 Å². The van der Waals surface area contributed by atoms with E-state index in [9.17, 15) is 4.39 Å². The Bertz CT molecular complexity index is 433. The minimum Gasteiger partial charge on any atom is -0.461 e. The van der Waals surface area contributed by atoms with Crippen LogP contribution in [0.2, 0.25) is 0 Å². The summed E-state index contributed by atoms with van der Waals surface area (Å²) in [5.74, 6) is -0.343. The first-order valence-corrected chi connectivity index (χ1v) is 4.11. The third kappa shape index (κ3) is 1.21. The van der Waals surface area contributed by atoms with Crippen LogP contribution in [0, 0.1) is 5.82 Å². The maximum atomic E-state index is 13.1. The van der Waals surface area contributed by atoms with Gasteiger partial charge in [0.2, 0.25) is 0 Å². The van der Waals surface area contributed by atoms with Crippen LogP contribution in [0.25, 0.3) is 11.0 Å². The highest BCUT2D eigenvalue weighted by Crippen LogP contribution is 2.26. The van der Waals surface area contributed by atoms with Crippen molar-refractivity contribution >= 4 is 11.0 Å². The van der Waals surface area contributed by atoms with Crippen LogP contribution in [0.5, 0.6) is 0 Å². The van der Waals surface area contributed by atoms with Crippen LogP contribution in [0.1, 0.15) is 18.5 Å². The van der Waals surface area contributed by atoms with Crippen molar-refractivity contribution in [3.05, 3.63) is 35.8 Å². The lowest BCUT2D eigenvalue weighted by Gasteiger charge is -2.00. The van der Waals surface area contributed by atoms with Gasteiger partial charge >= 0.3 is 0 Å². The highest BCUT2D eigenvalue weighted by atomic mass is 19.1. The Morgan fingerprint density at radius 2 is 2.23 bits per heavy atom. The number of benzene rings is 1. The van der Waals surface area contributed by atoms with E-state index < -0.39 is 0 Å². The van der Waals surface area contributed by atoms with Crippen LogP contribution in [0.4, 0.5) is 4.39 Å². The van der Waals surface area contributed by atoms with Gasteiger partial charge in [-0.3, -0.25) is 0 Å². The molecule has 2 rings (SSSR count). The SMILES string of the molecule is C[C@H](N)c1coc2c(F)cccc12. The predicted octanol–water partition coefficient (Wildman–Crippen LogP) is 2.59. The highest BCUT2D eigenvalue weighted by Gasteiger charge is 2.11. The lowest BCUT2D eigenvalue weighted by atomic mass is 10.1. The fourth-order valence-corrected chi connectivity index (χ4v) is 1.39. The van der Waals surface area contributed by atoms with E-state index in [1.54, 1.807) is 12.1 Å². The van der Waals surface area contributed by atoms with E-state index in [0.29, 0.717) is 0 Å². The molecule has 2 N–H and O–H groups in total. The van der Waals surface area contributed by atoms with Gasteiger partial charge in [-0.2, -0.15) is 0 Å². The summed E-state index contributed by atoms with van der Waals surface area (Å²) in [5, 5.41) is 0.759. The number of hydrogen-bond donors (Lipinski definition) is 1. The zero-order valence-corrected chi connectivity index (χ0v) is 7.25. The third-order valence-corrected chi connectivity index (χ3v) is 2.07. The quantitative estimate of drug-likeness (QED) is 0.730. The van der Waals surface area contributed by atoms with Crippen molar-refractivity contribution in [3.8, 4) is 0 Å². The van der Waals surface area contributed by atoms with E-state index in [-0.39, 0.29) is 17.4 Å². The molecule has 68 valence electrons. The molecule has 0 saturated heterocycles. The summed E-state index contributed by atoms with van der Waals surface area (Å²) >= 11 is 0. The van der Waals surface area contributed by atoms with Crippen LogP contribution in [0.3, 0.4) is 0 Å². The van der Waals surface area contributed by atoms with Crippen LogP contribution in [0.15, 0.2) is 28.9 Å². The molecule has 0 bridgehead atoms. The van der Waals surface area contributed by atoms with Crippen molar-refractivity contribution in [2.24, 2.45) is 5.73 Å². The van der Waals surface area contributed by atoms with Gasteiger partial charge in [0, 0.05) is 17.0 Å². The normalized spacial score (nSPS) is 13.5. The Labute approximate surface area is 75.1 Å². The van der Waals surface area contributed by atoms with E-state index in [2.05, 4.69) is 0 Å². The van der Waals surface area contributed by atoms with Gasteiger partial charge in [-0.25, -0.2) is 4.39 Å². The number of nitrogens with two attached hydrogens (primary N) is 1. The zero-order valence-electron chi connectivity index (χ0n) is 7.25. The zero-order chi connectivity index (χ0) is 9.42. The Morgan fingerprint density at radius 3 is 2.92 bits per heavy atom. The Hall–Kier alpha value is -1.35. The minimum absolute atomic E-state index is 0.136. The molecule has 3 heteroatoms. The number of fused-ring (bicyclic) bond motifs is 1. The molecule has 2 nitrogen and oxygen atoms in total. The van der Waals surface area contributed by atoms with E-state index >= 15 is 0 Å². The number of rotatable bonds is 1. The fraction of sp³-hybridized carbons (Fsp3) is 0.200. The molecule has 2 aromatic rings. The summed E-state index contributed by atoms with van der Waals surface area (Å²) in [7, 11) is 0. The van der Waals surface area contributed by atoms with Crippen LogP contribution in [-0.4, -0.2) is 0 Å². The standard InChI is InChI=1S/C10H10FNO/c1-6(12)8-5-13-10-7(8)3-2-4-9(10)11/h2-6H,12H2,1H3/t6-/m0/s1. The summed E-state index contributed by atoms with van der Waals surface area (Å²) < 4.78 is 18.2.